The first-order valence-electron chi connectivity index (χ1n) is 6.18. The lowest BCUT2D eigenvalue weighted by Crippen LogP contribution is -2.17. The summed E-state index contributed by atoms with van der Waals surface area (Å²) in [5.74, 6) is -0.130. The van der Waals surface area contributed by atoms with Crippen LogP contribution in [0.3, 0.4) is 0 Å². The predicted molar refractivity (Wildman–Crippen MR) is 73.9 cm³/mol. The van der Waals surface area contributed by atoms with Crippen LogP contribution < -0.4 is 10.1 Å². The molecule has 2 amide bonds. The summed E-state index contributed by atoms with van der Waals surface area (Å²) >= 11 is 0.857. The first-order valence-corrected chi connectivity index (χ1v) is 7.00. The molecule has 0 atom stereocenters. The van der Waals surface area contributed by atoms with Gasteiger partial charge in [-0.2, -0.15) is 0 Å². The Morgan fingerprint density at radius 3 is 2.80 bits per heavy atom. The normalized spacial score (nSPS) is 20.1. The molecule has 2 fully saturated rings. The van der Waals surface area contributed by atoms with E-state index in [0.29, 0.717) is 16.2 Å². The summed E-state index contributed by atoms with van der Waals surface area (Å²) in [6, 6.07) is 6.87. The molecule has 6 heteroatoms. The Kier molecular flexibility index (Phi) is 3.31. The van der Waals surface area contributed by atoms with Crippen LogP contribution in [0.4, 0.5) is 4.79 Å². The first kappa shape index (κ1) is 12.9. The number of esters is 1. The zero-order valence-corrected chi connectivity index (χ0v) is 11.2. The number of hydrogen-bond donors (Lipinski definition) is 1. The van der Waals surface area contributed by atoms with Gasteiger partial charge in [0, 0.05) is 0 Å². The van der Waals surface area contributed by atoms with Gasteiger partial charge in [-0.25, -0.2) is 0 Å². The summed E-state index contributed by atoms with van der Waals surface area (Å²) in [4.78, 5) is 34.4. The predicted octanol–water partition coefficient (Wildman–Crippen LogP) is 2.33. The minimum Gasteiger partial charge on any atom is -0.426 e. The van der Waals surface area contributed by atoms with E-state index in [4.69, 9.17) is 4.74 Å². The van der Waals surface area contributed by atoms with E-state index < -0.39 is 5.91 Å². The van der Waals surface area contributed by atoms with Crippen LogP contribution >= 0.6 is 11.8 Å². The second kappa shape index (κ2) is 5.13. The Morgan fingerprint density at radius 1 is 1.35 bits per heavy atom. The lowest BCUT2D eigenvalue weighted by molar-refractivity contribution is -0.135. The van der Waals surface area contributed by atoms with Crippen LogP contribution in [0.15, 0.2) is 29.2 Å². The molecule has 1 N–H and O–H groups in total. The van der Waals surface area contributed by atoms with Crippen molar-refractivity contribution >= 4 is 35.0 Å². The molecule has 102 valence electrons. The minimum atomic E-state index is -0.402. The summed E-state index contributed by atoms with van der Waals surface area (Å²) in [6.45, 7) is 0. The molecule has 5 nitrogen and oxygen atoms in total. The van der Waals surface area contributed by atoms with Crippen molar-refractivity contribution in [3.63, 3.8) is 0 Å². The first-order chi connectivity index (χ1) is 9.61. The molecule has 1 saturated heterocycles. The molecule has 0 aromatic heterocycles. The number of hydrogen-bond acceptors (Lipinski definition) is 5. The Bertz CT molecular complexity index is 634. The largest absolute Gasteiger partial charge is 0.426 e. The van der Waals surface area contributed by atoms with Crippen molar-refractivity contribution < 1.29 is 19.1 Å². The standard InChI is InChI=1S/C14H11NO4S/c16-12-11(20-14(18)15-12)7-8-2-1-3-10(6-8)19-13(17)9-4-5-9/h1-3,6-7,9H,4-5H2,(H,15,16,18)/b11-7-. The van der Waals surface area contributed by atoms with Gasteiger partial charge < -0.3 is 4.74 Å². The third-order valence-electron chi connectivity index (χ3n) is 2.93. The van der Waals surface area contributed by atoms with Crippen molar-refractivity contribution in [1.29, 1.82) is 0 Å². The van der Waals surface area contributed by atoms with Crippen molar-refractivity contribution in [3.05, 3.63) is 34.7 Å². The average Bonchev–Trinajstić information content (AvgIpc) is 3.18. The second-order valence-electron chi connectivity index (χ2n) is 4.62. The Morgan fingerprint density at radius 2 is 2.15 bits per heavy atom. The van der Waals surface area contributed by atoms with E-state index in [-0.39, 0.29) is 17.1 Å². The van der Waals surface area contributed by atoms with Gasteiger partial charge in [-0.3, -0.25) is 19.7 Å². The van der Waals surface area contributed by atoms with E-state index in [9.17, 15) is 14.4 Å². The van der Waals surface area contributed by atoms with Gasteiger partial charge in [-0.1, -0.05) is 12.1 Å². The van der Waals surface area contributed by atoms with Gasteiger partial charge in [-0.05, 0) is 48.4 Å². The fourth-order valence-corrected chi connectivity index (χ4v) is 2.44. The maximum Gasteiger partial charge on any atom is 0.314 e. The van der Waals surface area contributed by atoms with Gasteiger partial charge in [0.15, 0.2) is 0 Å². The van der Waals surface area contributed by atoms with Gasteiger partial charge in [0.25, 0.3) is 11.1 Å². The van der Waals surface area contributed by atoms with Crippen LogP contribution in [0.2, 0.25) is 0 Å². The second-order valence-corrected chi connectivity index (χ2v) is 5.63. The molecule has 3 rings (SSSR count). The smallest absolute Gasteiger partial charge is 0.314 e. The maximum absolute atomic E-state index is 11.6. The molecule has 1 saturated carbocycles. The molecular weight excluding hydrogens is 278 g/mol. The van der Waals surface area contributed by atoms with Crippen LogP contribution in [-0.4, -0.2) is 17.1 Å². The molecule has 0 unspecified atom stereocenters. The number of carbonyl (C=O) groups is 3. The highest BCUT2D eigenvalue weighted by Gasteiger charge is 2.31. The molecule has 1 heterocycles. The Labute approximate surface area is 119 Å². The minimum absolute atomic E-state index is 0.0331. The average molecular weight is 289 g/mol. The third-order valence-corrected chi connectivity index (χ3v) is 3.74. The molecule has 0 radical (unpaired) electrons. The Hall–Kier alpha value is -2.08. The Balaban J connectivity index is 1.77. The van der Waals surface area contributed by atoms with E-state index in [2.05, 4.69) is 5.32 Å². The van der Waals surface area contributed by atoms with Crippen molar-refractivity contribution in [1.82, 2.24) is 5.32 Å². The number of carbonyl (C=O) groups excluding carboxylic acids is 3. The number of nitrogens with one attached hydrogen (secondary N) is 1. The topological polar surface area (TPSA) is 72.5 Å². The summed E-state index contributed by atoms with van der Waals surface area (Å²) in [7, 11) is 0. The van der Waals surface area contributed by atoms with E-state index in [0.717, 1.165) is 24.6 Å². The highest BCUT2D eigenvalue weighted by Crippen LogP contribution is 2.31. The van der Waals surface area contributed by atoms with Gasteiger partial charge >= 0.3 is 5.97 Å². The summed E-state index contributed by atoms with van der Waals surface area (Å²) < 4.78 is 5.25. The maximum atomic E-state index is 11.6. The van der Waals surface area contributed by atoms with Gasteiger partial charge in [0.1, 0.15) is 5.75 Å². The molecular formula is C14H11NO4S. The number of rotatable bonds is 3. The highest BCUT2D eigenvalue weighted by molar-refractivity contribution is 8.18. The lowest BCUT2D eigenvalue weighted by atomic mass is 10.2. The van der Waals surface area contributed by atoms with Crippen molar-refractivity contribution in [2.24, 2.45) is 5.92 Å². The number of benzene rings is 1. The number of ether oxygens (including phenoxy) is 1. The molecule has 2 aliphatic rings. The van der Waals surface area contributed by atoms with E-state index in [1.807, 2.05) is 0 Å². The zero-order chi connectivity index (χ0) is 14.1. The van der Waals surface area contributed by atoms with E-state index >= 15 is 0 Å². The van der Waals surface area contributed by atoms with Crippen LogP contribution in [-0.2, 0) is 9.59 Å². The molecule has 1 aliphatic heterocycles. The van der Waals surface area contributed by atoms with Crippen LogP contribution in [0.25, 0.3) is 6.08 Å². The van der Waals surface area contributed by atoms with Crippen LogP contribution in [0, 0.1) is 5.92 Å². The quantitative estimate of drug-likeness (QED) is 0.525. The van der Waals surface area contributed by atoms with E-state index in [1.54, 1.807) is 30.3 Å². The lowest BCUT2D eigenvalue weighted by Gasteiger charge is -2.04. The highest BCUT2D eigenvalue weighted by atomic mass is 32.2. The van der Waals surface area contributed by atoms with Crippen molar-refractivity contribution in [3.8, 4) is 5.75 Å². The monoisotopic (exact) mass is 289 g/mol. The summed E-state index contributed by atoms with van der Waals surface area (Å²) in [5, 5.41) is 1.81. The third kappa shape index (κ3) is 2.91. The summed E-state index contributed by atoms with van der Waals surface area (Å²) in [5.41, 5.74) is 0.707. The SMILES string of the molecule is O=C1NC(=O)/C(=C/c2cccc(OC(=O)C3CC3)c2)S1. The van der Waals surface area contributed by atoms with Gasteiger partial charge in [0.2, 0.25) is 0 Å². The molecule has 20 heavy (non-hydrogen) atoms. The number of thioether (sulfide) groups is 1. The van der Waals surface area contributed by atoms with E-state index in [1.165, 1.54) is 0 Å². The molecule has 1 aliphatic carbocycles. The van der Waals surface area contributed by atoms with Gasteiger partial charge in [-0.15, -0.1) is 0 Å². The van der Waals surface area contributed by atoms with Crippen LogP contribution in [0.1, 0.15) is 18.4 Å². The fourth-order valence-electron chi connectivity index (χ4n) is 1.76. The van der Waals surface area contributed by atoms with Gasteiger partial charge in [0.05, 0.1) is 10.8 Å². The molecule has 0 bridgehead atoms. The molecule has 0 spiro atoms. The number of amides is 2. The molecule has 1 aromatic carbocycles. The van der Waals surface area contributed by atoms with Crippen LogP contribution in [0.5, 0.6) is 5.75 Å². The van der Waals surface area contributed by atoms with Crippen molar-refractivity contribution in [2.45, 2.75) is 12.8 Å². The van der Waals surface area contributed by atoms with Crippen molar-refractivity contribution in [2.75, 3.05) is 0 Å². The summed E-state index contributed by atoms with van der Waals surface area (Å²) in [6.07, 6.45) is 3.38. The molecule has 1 aromatic rings. The zero-order valence-electron chi connectivity index (χ0n) is 10.4. The number of imide groups is 1. The fraction of sp³-hybridized carbons (Fsp3) is 0.214.